The normalized spacial score (nSPS) is 10.6. The van der Waals surface area contributed by atoms with Crippen molar-refractivity contribution >= 4 is 50.0 Å². The first-order valence-electron chi connectivity index (χ1n) is 10.8. The molecule has 0 spiro atoms. The lowest BCUT2D eigenvalue weighted by Gasteiger charge is -2.15. The zero-order valence-corrected chi connectivity index (χ0v) is 23.6. The number of nitrogens with zero attached hydrogens (tertiary/aromatic N) is 1. The number of hydrazone groups is 1. The molecule has 1 amide bonds. The number of methoxy groups -OCH3 is 3. The largest absolute Gasteiger partial charge is 0.493 e. The first-order chi connectivity index (χ1) is 17.8. The Kier molecular flexibility index (Phi) is 9.93. The van der Waals surface area contributed by atoms with E-state index >= 15 is 0 Å². The van der Waals surface area contributed by atoms with E-state index in [-0.39, 0.29) is 17.9 Å². The Hall–Kier alpha value is -3.57. The summed E-state index contributed by atoms with van der Waals surface area (Å²) in [5.74, 6) is 0.635. The zero-order chi connectivity index (χ0) is 26.9. The lowest BCUT2D eigenvalue weighted by molar-refractivity contribution is -0.123. The highest BCUT2D eigenvalue weighted by molar-refractivity contribution is 9.11. The third-order valence-electron chi connectivity index (χ3n) is 4.98. The first-order valence-corrected chi connectivity index (χ1v) is 12.4. The molecule has 0 bridgehead atoms. The summed E-state index contributed by atoms with van der Waals surface area (Å²) >= 11 is 6.81. The van der Waals surface area contributed by atoms with Crippen molar-refractivity contribution in [3.8, 4) is 28.7 Å². The Morgan fingerprint density at radius 2 is 1.59 bits per heavy atom. The number of ether oxygens (including phenoxy) is 5. The number of carbonyl (C=O) groups is 2. The predicted molar refractivity (Wildman–Crippen MR) is 145 cm³/mol. The molecule has 0 aromatic heterocycles. The van der Waals surface area contributed by atoms with Crippen LogP contribution >= 0.6 is 31.9 Å². The molecule has 3 aromatic rings. The monoisotopic (exact) mass is 634 g/mol. The molecular formula is C26H24Br2N2O7. The molecule has 0 saturated heterocycles. The molecule has 37 heavy (non-hydrogen) atoms. The highest BCUT2D eigenvalue weighted by Crippen LogP contribution is 2.39. The molecule has 0 heterocycles. The van der Waals surface area contributed by atoms with Crippen LogP contribution in [0.3, 0.4) is 0 Å². The summed E-state index contributed by atoms with van der Waals surface area (Å²) in [7, 11) is 4.37. The van der Waals surface area contributed by atoms with Gasteiger partial charge in [0, 0.05) is 10.0 Å². The maximum absolute atomic E-state index is 13.0. The summed E-state index contributed by atoms with van der Waals surface area (Å²) in [6.07, 6.45) is 1.36. The van der Waals surface area contributed by atoms with Crippen LogP contribution in [0.5, 0.6) is 28.7 Å². The van der Waals surface area contributed by atoms with Crippen molar-refractivity contribution in [2.75, 3.05) is 27.9 Å². The molecule has 0 unspecified atom stereocenters. The number of esters is 1. The van der Waals surface area contributed by atoms with Crippen LogP contribution in [-0.2, 0) is 4.79 Å². The first kappa shape index (κ1) is 28.0. The molecule has 0 fully saturated rings. The number of carbonyl (C=O) groups excluding carboxylic acids is 2. The van der Waals surface area contributed by atoms with Gasteiger partial charge in [0.25, 0.3) is 5.91 Å². The van der Waals surface area contributed by atoms with Gasteiger partial charge in [0.05, 0.1) is 37.6 Å². The van der Waals surface area contributed by atoms with E-state index < -0.39 is 11.9 Å². The molecular weight excluding hydrogens is 612 g/mol. The van der Waals surface area contributed by atoms with Crippen LogP contribution < -0.4 is 29.1 Å². The Bertz CT molecular complexity index is 1300. The van der Waals surface area contributed by atoms with Gasteiger partial charge in [-0.2, -0.15) is 5.10 Å². The van der Waals surface area contributed by atoms with E-state index in [4.69, 9.17) is 23.7 Å². The van der Waals surface area contributed by atoms with Gasteiger partial charge in [-0.25, -0.2) is 10.2 Å². The smallest absolute Gasteiger partial charge is 0.343 e. The number of para-hydroxylation sites is 1. The average Bonchev–Trinajstić information content (AvgIpc) is 2.88. The van der Waals surface area contributed by atoms with Gasteiger partial charge in [-0.15, -0.1) is 0 Å². The quantitative estimate of drug-likeness (QED) is 0.140. The van der Waals surface area contributed by atoms with E-state index in [0.717, 1.165) is 5.56 Å². The van der Waals surface area contributed by atoms with Crippen LogP contribution in [0.4, 0.5) is 0 Å². The molecule has 0 aliphatic heterocycles. The van der Waals surface area contributed by atoms with Crippen molar-refractivity contribution in [3.05, 3.63) is 74.2 Å². The second-order valence-electron chi connectivity index (χ2n) is 7.46. The molecule has 0 aliphatic carbocycles. The van der Waals surface area contributed by atoms with E-state index in [1.807, 2.05) is 25.1 Å². The topological polar surface area (TPSA) is 105 Å². The van der Waals surface area contributed by atoms with Gasteiger partial charge in [-0.05, 0) is 58.7 Å². The molecule has 0 radical (unpaired) electrons. The van der Waals surface area contributed by atoms with E-state index in [1.54, 1.807) is 18.2 Å². The third-order valence-corrected chi connectivity index (χ3v) is 6.02. The van der Waals surface area contributed by atoms with E-state index in [2.05, 4.69) is 42.4 Å². The van der Waals surface area contributed by atoms with Gasteiger partial charge in [0.2, 0.25) is 5.75 Å². The average molecular weight is 636 g/mol. The lowest BCUT2D eigenvalue weighted by Crippen LogP contribution is -2.24. The molecule has 11 heteroatoms. The van der Waals surface area contributed by atoms with Crippen molar-refractivity contribution < 1.29 is 33.3 Å². The van der Waals surface area contributed by atoms with Crippen LogP contribution in [0.15, 0.2) is 62.6 Å². The second kappa shape index (κ2) is 13.1. The highest BCUT2D eigenvalue weighted by Gasteiger charge is 2.20. The van der Waals surface area contributed by atoms with E-state index in [9.17, 15) is 9.59 Å². The van der Waals surface area contributed by atoms with Crippen molar-refractivity contribution in [2.45, 2.75) is 6.92 Å². The summed E-state index contributed by atoms with van der Waals surface area (Å²) in [4.78, 5) is 25.2. The van der Waals surface area contributed by atoms with Gasteiger partial charge >= 0.3 is 5.97 Å². The predicted octanol–water partition coefficient (Wildman–Crippen LogP) is 5.29. The van der Waals surface area contributed by atoms with Gasteiger partial charge in [0.1, 0.15) is 5.75 Å². The van der Waals surface area contributed by atoms with E-state index in [0.29, 0.717) is 37.5 Å². The van der Waals surface area contributed by atoms with Crippen LogP contribution in [0.2, 0.25) is 0 Å². The molecule has 0 aliphatic rings. The number of rotatable bonds is 10. The van der Waals surface area contributed by atoms with Crippen molar-refractivity contribution in [1.29, 1.82) is 0 Å². The lowest BCUT2D eigenvalue weighted by atomic mass is 10.1. The fraction of sp³-hybridized carbons (Fsp3) is 0.192. The minimum Gasteiger partial charge on any atom is -0.493 e. The van der Waals surface area contributed by atoms with Gasteiger partial charge in [-0.1, -0.05) is 34.1 Å². The van der Waals surface area contributed by atoms with Crippen LogP contribution in [-0.4, -0.2) is 46.0 Å². The minimum absolute atomic E-state index is 0.175. The Morgan fingerprint density at radius 3 is 2.22 bits per heavy atom. The molecule has 0 atom stereocenters. The van der Waals surface area contributed by atoms with Gasteiger partial charge in [0.15, 0.2) is 23.9 Å². The SMILES string of the molecule is COc1cc(C(=O)Oc2c(Br)cc(Br)cc2/C=N\NC(=O)COc2ccccc2C)cc(OC)c1OC. The number of amides is 1. The molecule has 1 N–H and O–H groups in total. The van der Waals surface area contributed by atoms with Gasteiger partial charge < -0.3 is 23.7 Å². The number of benzene rings is 3. The number of hydrogen-bond donors (Lipinski definition) is 1. The number of hydrogen-bond acceptors (Lipinski definition) is 8. The summed E-state index contributed by atoms with van der Waals surface area (Å²) in [5, 5.41) is 3.98. The maximum Gasteiger partial charge on any atom is 0.343 e. The third kappa shape index (κ3) is 7.23. The fourth-order valence-corrected chi connectivity index (χ4v) is 4.54. The molecule has 9 nitrogen and oxygen atoms in total. The molecule has 3 rings (SSSR count). The summed E-state index contributed by atoms with van der Waals surface area (Å²) in [5.41, 5.74) is 3.91. The number of halogens is 2. The van der Waals surface area contributed by atoms with E-state index in [1.165, 1.54) is 39.7 Å². The van der Waals surface area contributed by atoms with Crippen molar-refractivity contribution in [3.63, 3.8) is 0 Å². The Balaban J connectivity index is 1.77. The van der Waals surface area contributed by atoms with Crippen LogP contribution in [0.25, 0.3) is 0 Å². The molecule has 194 valence electrons. The standard InChI is InChI=1S/C26H24Br2N2O7/c1-15-7-5-6-8-20(15)36-14-23(31)30-29-13-17-9-18(27)12-19(28)24(17)37-26(32)16-10-21(33-2)25(35-4)22(11-16)34-3/h5-13H,14H2,1-4H3,(H,30,31)/b29-13-. The molecule has 3 aromatic carbocycles. The van der Waals surface area contributed by atoms with Crippen LogP contribution in [0.1, 0.15) is 21.5 Å². The van der Waals surface area contributed by atoms with Crippen molar-refractivity contribution in [1.82, 2.24) is 5.43 Å². The summed E-state index contributed by atoms with van der Waals surface area (Å²) < 4.78 is 28.3. The van der Waals surface area contributed by atoms with Crippen LogP contribution in [0, 0.1) is 6.92 Å². The second-order valence-corrected chi connectivity index (χ2v) is 9.23. The van der Waals surface area contributed by atoms with Crippen molar-refractivity contribution in [2.24, 2.45) is 5.10 Å². The minimum atomic E-state index is -0.674. The van der Waals surface area contributed by atoms with Gasteiger partial charge in [-0.3, -0.25) is 4.79 Å². The summed E-state index contributed by atoms with van der Waals surface area (Å²) in [6.45, 7) is 1.67. The number of aryl methyl sites for hydroxylation is 1. The highest BCUT2D eigenvalue weighted by atomic mass is 79.9. The molecule has 0 saturated carbocycles. The Labute approximate surface area is 231 Å². The Morgan fingerprint density at radius 1 is 0.919 bits per heavy atom. The fourth-order valence-electron chi connectivity index (χ4n) is 3.20. The maximum atomic E-state index is 13.0. The number of nitrogens with one attached hydrogen (secondary N) is 1. The summed E-state index contributed by atoms with van der Waals surface area (Å²) in [6, 6.07) is 13.7. The zero-order valence-electron chi connectivity index (χ0n) is 20.5.